The Morgan fingerprint density at radius 1 is 1.25 bits per heavy atom. The number of unbranched alkanes of at least 4 members (excludes halogenated alkanes) is 1. The summed E-state index contributed by atoms with van der Waals surface area (Å²) in [4.78, 5) is 5.68. The Morgan fingerprint density at radius 2 is 2.00 bits per heavy atom. The molecule has 0 bridgehead atoms. The first-order valence-corrected chi connectivity index (χ1v) is 5.34. The average Bonchev–Trinajstić information content (AvgIpc) is 2.77. The van der Waals surface area contributed by atoms with Crippen molar-refractivity contribution in [1.82, 2.24) is 5.06 Å². The predicted molar refractivity (Wildman–Crippen MR) is 48.5 cm³/mol. The van der Waals surface area contributed by atoms with Crippen LogP contribution in [0.4, 0.5) is 0 Å². The summed E-state index contributed by atoms with van der Waals surface area (Å²) in [6, 6.07) is 0. The monoisotopic (exact) mass is 169 g/mol. The van der Waals surface area contributed by atoms with Crippen molar-refractivity contribution in [2.45, 2.75) is 57.6 Å². The Balaban J connectivity index is 1.75. The lowest BCUT2D eigenvalue weighted by Crippen LogP contribution is -2.22. The summed E-state index contributed by atoms with van der Waals surface area (Å²) in [5.74, 6) is 0. The van der Waals surface area contributed by atoms with Crippen LogP contribution in [-0.2, 0) is 4.84 Å². The molecule has 2 fully saturated rings. The van der Waals surface area contributed by atoms with E-state index in [0.717, 1.165) is 6.54 Å². The fraction of sp³-hybridized carbons (Fsp3) is 1.00. The van der Waals surface area contributed by atoms with Gasteiger partial charge in [0.05, 0.1) is 0 Å². The van der Waals surface area contributed by atoms with Crippen molar-refractivity contribution in [2.24, 2.45) is 0 Å². The standard InChI is InChI=1S/C10H19NO/c1-2-3-9-11-10(12-11)7-5-4-6-8-10/h2-9H2,1H3. The number of nitrogens with zero attached hydrogens (tertiary/aromatic N) is 1. The van der Waals surface area contributed by atoms with Crippen LogP contribution in [0.2, 0.25) is 0 Å². The molecule has 2 rings (SSSR count). The van der Waals surface area contributed by atoms with Gasteiger partial charge in [0.1, 0.15) is 0 Å². The molecule has 2 nitrogen and oxygen atoms in total. The first-order chi connectivity index (χ1) is 5.87. The Hall–Kier alpha value is -0.0800. The Morgan fingerprint density at radius 3 is 2.67 bits per heavy atom. The van der Waals surface area contributed by atoms with Crippen LogP contribution in [0.1, 0.15) is 51.9 Å². The smallest absolute Gasteiger partial charge is 0.164 e. The Kier molecular flexibility index (Phi) is 2.37. The zero-order valence-electron chi connectivity index (χ0n) is 8.01. The van der Waals surface area contributed by atoms with Gasteiger partial charge in [-0.05, 0) is 32.1 Å². The fourth-order valence-electron chi connectivity index (χ4n) is 2.18. The van der Waals surface area contributed by atoms with Crippen molar-refractivity contribution < 1.29 is 4.84 Å². The maximum atomic E-state index is 5.68. The minimum Gasteiger partial charge on any atom is -0.272 e. The third kappa shape index (κ3) is 1.50. The van der Waals surface area contributed by atoms with Crippen LogP contribution >= 0.6 is 0 Å². The summed E-state index contributed by atoms with van der Waals surface area (Å²) >= 11 is 0. The molecule has 0 aromatic rings. The SMILES string of the molecule is CCCCN1OC12CCCCC2. The van der Waals surface area contributed by atoms with Gasteiger partial charge in [0.2, 0.25) is 0 Å². The lowest BCUT2D eigenvalue weighted by Gasteiger charge is -2.16. The Bertz CT molecular complexity index is 150. The van der Waals surface area contributed by atoms with E-state index < -0.39 is 0 Å². The molecule has 0 amide bonds. The molecule has 2 aliphatic rings. The zero-order chi connectivity index (χ0) is 8.44. The molecule has 1 saturated carbocycles. The van der Waals surface area contributed by atoms with Crippen LogP contribution in [0, 0.1) is 0 Å². The summed E-state index contributed by atoms with van der Waals surface area (Å²) in [5.41, 5.74) is 0.230. The largest absolute Gasteiger partial charge is 0.272 e. The summed E-state index contributed by atoms with van der Waals surface area (Å²) in [5, 5.41) is 2.22. The molecule has 1 aliphatic carbocycles. The van der Waals surface area contributed by atoms with E-state index in [1.807, 2.05) is 0 Å². The third-order valence-corrected chi connectivity index (χ3v) is 3.05. The van der Waals surface area contributed by atoms with Crippen LogP contribution in [-0.4, -0.2) is 17.3 Å². The quantitative estimate of drug-likeness (QED) is 0.604. The number of hydrogen-bond donors (Lipinski definition) is 0. The van der Waals surface area contributed by atoms with Crippen LogP contribution in [0.25, 0.3) is 0 Å². The van der Waals surface area contributed by atoms with Crippen molar-refractivity contribution in [3.05, 3.63) is 0 Å². The van der Waals surface area contributed by atoms with Gasteiger partial charge in [0, 0.05) is 6.54 Å². The molecule has 0 N–H and O–H groups in total. The van der Waals surface area contributed by atoms with Gasteiger partial charge < -0.3 is 0 Å². The van der Waals surface area contributed by atoms with E-state index in [2.05, 4.69) is 12.0 Å². The highest BCUT2D eigenvalue weighted by Gasteiger charge is 2.54. The molecule has 1 heterocycles. The molecule has 1 saturated heterocycles. The van der Waals surface area contributed by atoms with Crippen LogP contribution in [0.15, 0.2) is 0 Å². The fourth-order valence-corrected chi connectivity index (χ4v) is 2.18. The summed E-state index contributed by atoms with van der Waals surface area (Å²) < 4.78 is 0. The maximum Gasteiger partial charge on any atom is 0.164 e. The molecular weight excluding hydrogens is 150 g/mol. The van der Waals surface area contributed by atoms with E-state index in [9.17, 15) is 0 Å². The molecule has 0 radical (unpaired) electrons. The lowest BCUT2D eigenvalue weighted by atomic mass is 9.93. The second kappa shape index (κ2) is 3.35. The second-order valence-electron chi connectivity index (χ2n) is 4.05. The molecule has 1 aliphatic heterocycles. The molecule has 1 unspecified atom stereocenters. The molecule has 70 valence electrons. The number of hydroxylamine groups is 2. The predicted octanol–water partition coefficient (Wildman–Crippen LogP) is 2.69. The molecule has 2 heteroatoms. The van der Waals surface area contributed by atoms with E-state index in [-0.39, 0.29) is 5.72 Å². The van der Waals surface area contributed by atoms with Crippen LogP contribution in [0.5, 0.6) is 0 Å². The average molecular weight is 169 g/mol. The summed E-state index contributed by atoms with van der Waals surface area (Å²) in [6.45, 7) is 3.38. The van der Waals surface area contributed by atoms with Crippen molar-refractivity contribution in [3.8, 4) is 0 Å². The van der Waals surface area contributed by atoms with E-state index >= 15 is 0 Å². The lowest BCUT2D eigenvalue weighted by molar-refractivity contribution is 0.183. The van der Waals surface area contributed by atoms with Gasteiger partial charge in [0.15, 0.2) is 5.72 Å². The van der Waals surface area contributed by atoms with Gasteiger partial charge in [-0.25, -0.2) is 0 Å². The normalized spacial score (nSPS) is 32.2. The first kappa shape index (κ1) is 8.52. The van der Waals surface area contributed by atoms with Crippen molar-refractivity contribution >= 4 is 0 Å². The molecule has 0 aromatic heterocycles. The molecule has 1 atom stereocenters. The third-order valence-electron chi connectivity index (χ3n) is 3.05. The molecule has 1 spiro atoms. The highest BCUT2D eigenvalue weighted by Crippen LogP contribution is 2.46. The van der Waals surface area contributed by atoms with E-state index in [4.69, 9.17) is 4.84 Å². The van der Waals surface area contributed by atoms with Crippen molar-refractivity contribution in [2.75, 3.05) is 6.54 Å². The van der Waals surface area contributed by atoms with E-state index in [1.54, 1.807) is 0 Å². The number of hydrogen-bond acceptors (Lipinski definition) is 2. The van der Waals surface area contributed by atoms with Gasteiger partial charge in [-0.2, -0.15) is 5.06 Å². The van der Waals surface area contributed by atoms with Gasteiger partial charge >= 0.3 is 0 Å². The van der Waals surface area contributed by atoms with Crippen LogP contribution in [0.3, 0.4) is 0 Å². The highest BCUT2D eigenvalue weighted by atomic mass is 16.9. The Labute approximate surface area is 74.8 Å². The first-order valence-electron chi connectivity index (χ1n) is 5.34. The molecule has 0 aromatic carbocycles. The second-order valence-corrected chi connectivity index (χ2v) is 4.05. The zero-order valence-corrected chi connectivity index (χ0v) is 8.01. The van der Waals surface area contributed by atoms with E-state index in [1.165, 1.54) is 44.9 Å². The minimum absolute atomic E-state index is 0.230. The van der Waals surface area contributed by atoms with E-state index in [0.29, 0.717) is 0 Å². The summed E-state index contributed by atoms with van der Waals surface area (Å²) in [7, 11) is 0. The van der Waals surface area contributed by atoms with Crippen molar-refractivity contribution in [3.63, 3.8) is 0 Å². The maximum absolute atomic E-state index is 5.68. The van der Waals surface area contributed by atoms with Crippen LogP contribution < -0.4 is 0 Å². The highest BCUT2D eigenvalue weighted by molar-refractivity contribution is 4.89. The van der Waals surface area contributed by atoms with Gasteiger partial charge in [-0.3, -0.25) is 4.84 Å². The van der Waals surface area contributed by atoms with Crippen molar-refractivity contribution in [1.29, 1.82) is 0 Å². The molecular formula is C10H19NO. The minimum atomic E-state index is 0.230. The number of rotatable bonds is 3. The van der Waals surface area contributed by atoms with Gasteiger partial charge in [-0.1, -0.05) is 19.8 Å². The summed E-state index contributed by atoms with van der Waals surface area (Å²) in [6.07, 6.45) is 9.24. The topological polar surface area (TPSA) is 15.5 Å². The molecule has 12 heavy (non-hydrogen) atoms. The van der Waals surface area contributed by atoms with Gasteiger partial charge in [-0.15, -0.1) is 0 Å². The van der Waals surface area contributed by atoms with Gasteiger partial charge in [0.25, 0.3) is 0 Å².